The van der Waals surface area contributed by atoms with Gasteiger partial charge in [0.05, 0.1) is 0 Å². The maximum absolute atomic E-state index is 11.9. The van der Waals surface area contributed by atoms with E-state index in [-0.39, 0.29) is 5.95 Å². The highest BCUT2D eigenvalue weighted by molar-refractivity contribution is 5.34. The van der Waals surface area contributed by atoms with Crippen LogP contribution in [0.1, 0.15) is 26.7 Å². The first kappa shape index (κ1) is 15.5. The van der Waals surface area contributed by atoms with E-state index in [9.17, 15) is 8.78 Å². The minimum atomic E-state index is -2.54. The van der Waals surface area contributed by atoms with Gasteiger partial charge in [-0.3, -0.25) is 4.84 Å². The Morgan fingerprint density at radius 1 is 1.26 bits per heavy atom. The summed E-state index contributed by atoms with van der Waals surface area (Å²) in [5.74, 6) is 0.643. The summed E-state index contributed by atoms with van der Waals surface area (Å²) < 4.78 is 23.8. The van der Waals surface area contributed by atoms with Crippen LogP contribution in [-0.2, 0) is 4.84 Å². The second-order valence-corrected chi connectivity index (χ2v) is 3.90. The molecule has 0 aliphatic rings. The zero-order valence-corrected chi connectivity index (χ0v) is 11.1. The van der Waals surface area contributed by atoms with Crippen molar-refractivity contribution in [2.24, 2.45) is 0 Å². The van der Waals surface area contributed by atoms with E-state index in [1.54, 1.807) is 0 Å². The summed E-state index contributed by atoms with van der Waals surface area (Å²) in [5, 5.41) is 0. The third-order valence-corrected chi connectivity index (χ3v) is 2.20. The van der Waals surface area contributed by atoms with Crippen LogP contribution in [0.3, 0.4) is 0 Å². The van der Waals surface area contributed by atoms with Crippen molar-refractivity contribution in [3.05, 3.63) is 6.33 Å². The summed E-state index contributed by atoms with van der Waals surface area (Å²) in [7, 11) is 0. The fourth-order valence-electron chi connectivity index (χ4n) is 1.51. The van der Waals surface area contributed by atoms with Gasteiger partial charge in [-0.25, -0.2) is 19.2 Å². The molecule has 108 valence electrons. The van der Waals surface area contributed by atoms with Crippen LogP contribution in [0.25, 0.3) is 0 Å². The topological polar surface area (TPSA) is 63.2 Å². The zero-order valence-electron chi connectivity index (χ0n) is 11.1. The van der Waals surface area contributed by atoms with Crippen molar-refractivity contribution in [3.8, 4) is 0 Å². The second kappa shape index (κ2) is 8.52. The Morgan fingerprint density at radius 3 is 2.53 bits per heavy atom. The molecule has 0 bridgehead atoms. The van der Waals surface area contributed by atoms with E-state index in [1.807, 2.05) is 4.90 Å². The highest BCUT2D eigenvalue weighted by atomic mass is 19.3. The fraction of sp³-hybridized carbons (Fsp3) is 0.727. The molecular weight excluding hydrogens is 256 g/mol. The van der Waals surface area contributed by atoms with Crippen LogP contribution in [0.4, 0.5) is 20.7 Å². The molecule has 0 aliphatic carbocycles. The maximum Gasteiger partial charge on any atom is 0.264 e. The van der Waals surface area contributed by atoms with Crippen LogP contribution in [-0.4, -0.2) is 41.1 Å². The Morgan fingerprint density at radius 2 is 1.95 bits per heavy atom. The first-order chi connectivity index (χ1) is 9.17. The third kappa shape index (κ3) is 5.73. The minimum absolute atomic E-state index is 0.128. The maximum atomic E-state index is 11.9. The summed E-state index contributed by atoms with van der Waals surface area (Å²) in [6.07, 6.45) is 0.729. The summed E-state index contributed by atoms with van der Waals surface area (Å²) in [4.78, 5) is 18.6. The quantitative estimate of drug-likeness (QED) is 0.696. The number of aromatic nitrogens is 3. The van der Waals surface area contributed by atoms with Gasteiger partial charge in [0.2, 0.25) is 5.95 Å². The predicted octanol–water partition coefficient (Wildman–Crippen LogP) is 2.11. The SMILES string of the molecule is CCCN(CCC)c1ncnc(NOCC(F)F)n1. The standard InChI is InChI=1S/C11H19F2N5O/c1-3-5-18(6-4-2)11-15-8-14-10(16-11)17-19-7-9(12)13/h8-9H,3-7H2,1-2H3,(H,14,15,16,17). The van der Waals surface area contributed by atoms with Gasteiger partial charge in [0.25, 0.3) is 12.4 Å². The first-order valence-corrected chi connectivity index (χ1v) is 6.27. The lowest BCUT2D eigenvalue weighted by Gasteiger charge is -2.21. The van der Waals surface area contributed by atoms with Crippen molar-refractivity contribution >= 4 is 11.9 Å². The Labute approximate surface area is 111 Å². The molecule has 0 amide bonds. The first-order valence-electron chi connectivity index (χ1n) is 6.27. The summed E-state index contributed by atoms with van der Waals surface area (Å²) in [5.41, 5.74) is 2.29. The molecule has 8 heteroatoms. The predicted molar refractivity (Wildman–Crippen MR) is 68.2 cm³/mol. The molecule has 0 atom stereocenters. The molecular formula is C11H19F2N5O. The van der Waals surface area contributed by atoms with Crippen molar-refractivity contribution in [3.63, 3.8) is 0 Å². The largest absolute Gasteiger partial charge is 0.341 e. The molecule has 1 rings (SSSR count). The average Bonchev–Trinajstić information content (AvgIpc) is 2.38. The molecule has 0 fully saturated rings. The van der Waals surface area contributed by atoms with Crippen LogP contribution in [0.2, 0.25) is 0 Å². The molecule has 1 aromatic rings. The van der Waals surface area contributed by atoms with Crippen molar-refractivity contribution in [1.29, 1.82) is 0 Å². The number of rotatable bonds is 9. The van der Waals surface area contributed by atoms with Crippen LogP contribution >= 0.6 is 0 Å². The van der Waals surface area contributed by atoms with Gasteiger partial charge >= 0.3 is 0 Å². The second-order valence-electron chi connectivity index (χ2n) is 3.90. The number of alkyl halides is 2. The molecule has 0 saturated heterocycles. The van der Waals surface area contributed by atoms with Gasteiger partial charge in [-0.05, 0) is 12.8 Å². The van der Waals surface area contributed by atoms with E-state index in [4.69, 9.17) is 0 Å². The fourth-order valence-corrected chi connectivity index (χ4v) is 1.51. The Hall–Kier alpha value is -1.57. The number of hydrogen-bond acceptors (Lipinski definition) is 6. The Balaban J connectivity index is 2.63. The summed E-state index contributed by atoms with van der Waals surface area (Å²) in [6.45, 7) is 5.07. The van der Waals surface area contributed by atoms with E-state index in [2.05, 4.69) is 39.1 Å². The number of nitrogens with zero attached hydrogens (tertiary/aromatic N) is 4. The van der Waals surface area contributed by atoms with Gasteiger partial charge in [-0.2, -0.15) is 9.97 Å². The lowest BCUT2D eigenvalue weighted by Crippen LogP contribution is -2.27. The molecule has 0 aromatic carbocycles. The lowest BCUT2D eigenvalue weighted by atomic mass is 10.4. The monoisotopic (exact) mass is 275 g/mol. The van der Waals surface area contributed by atoms with Gasteiger partial charge in [-0.15, -0.1) is 0 Å². The molecule has 0 saturated carbocycles. The van der Waals surface area contributed by atoms with Crippen molar-refractivity contribution in [2.45, 2.75) is 33.1 Å². The van der Waals surface area contributed by atoms with E-state index in [1.165, 1.54) is 6.33 Å². The highest BCUT2D eigenvalue weighted by Gasteiger charge is 2.09. The molecule has 0 spiro atoms. The average molecular weight is 275 g/mol. The van der Waals surface area contributed by atoms with Crippen molar-refractivity contribution in [2.75, 3.05) is 30.1 Å². The molecule has 6 nitrogen and oxygen atoms in total. The molecule has 0 unspecified atom stereocenters. The molecule has 1 heterocycles. The molecule has 0 radical (unpaired) electrons. The van der Waals surface area contributed by atoms with Crippen molar-refractivity contribution < 1.29 is 13.6 Å². The lowest BCUT2D eigenvalue weighted by molar-refractivity contribution is 0.0404. The molecule has 19 heavy (non-hydrogen) atoms. The summed E-state index contributed by atoms with van der Waals surface area (Å²) >= 11 is 0. The van der Waals surface area contributed by atoms with E-state index in [0.717, 1.165) is 25.9 Å². The number of halogens is 2. The molecule has 1 N–H and O–H groups in total. The number of nitrogens with one attached hydrogen (secondary N) is 1. The summed E-state index contributed by atoms with van der Waals surface area (Å²) in [6, 6.07) is 0. The third-order valence-electron chi connectivity index (χ3n) is 2.20. The highest BCUT2D eigenvalue weighted by Crippen LogP contribution is 2.10. The van der Waals surface area contributed by atoms with Gasteiger partial charge in [0, 0.05) is 13.1 Å². The zero-order chi connectivity index (χ0) is 14.1. The van der Waals surface area contributed by atoms with Gasteiger partial charge in [0.15, 0.2) is 0 Å². The Kier molecular flexibility index (Phi) is 6.94. The van der Waals surface area contributed by atoms with Crippen LogP contribution < -0.4 is 10.4 Å². The van der Waals surface area contributed by atoms with Crippen molar-refractivity contribution in [1.82, 2.24) is 15.0 Å². The number of anilines is 2. The van der Waals surface area contributed by atoms with E-state index < -0.39 is 13.0 Å². The Bertz CT molecular complexity index is 361. The van der Waals surface area contributed by atoms with Crippen LogP contribution in [0.15, 0.2) is 6.33 Å². The minimum Gasteiger partial charge on any atom is -0.341 e. The van der Waals surface area contributed by atoms with Gasteiger partial charge in [0.1, 0.15) is 12.9 Å². The normalized spacial score (nSPS) is 10.8. The van der Waals surface area contributed by atoms with Gasteiger partial charge < -0.3 is 4.90 Å². The van der Waals surface area contributed by atoms with Crippen LogP contribution in [0, 0.1) is 0 Å². The van der Waals surface area contributed by atoms with Crippen LogP contribution in [0.5, 0.6) is 0 Å². The van der Waals surface area contributed by atoms with E-state index in [0.29, 0.717) is 5.95 Å². The number of hydrogen-bond donors (Lipinski definition) is 1. The van der Waals surface area contributed by atoms with E-state index >= 15 is 0 Å². The van der Waals surface area contributed by atoms with Gasteiger partial charge in [-0.1, -0.05) is 13.8 Å². The molecule has 1 aromatic heterocycles. The smallest absolute Gasteiger partial charge is 0.264 e. The molecule has 0 aliphatic heterocycles.